The summed E-state index contributed by atoms with van der Waals surface area (Å²) < 4.78 is 16.0. The van der Waals surface area contributed by atoms with Gasteiger partial charge < -0.3 is 24.7 Å². The third kappa shape index (κ3) is 4.85. The Morgan fingerprint density at radius 2 is 1.85 bits per heavy atom. The molecule has 0 saturated heterocycles. The van der Waals surface area contributed by atoms with Crippen LogP contribution in [0, 0.1) is 5.21 Å². The summed E-state index contributed by atoms with van der Waals surface area (Å²) in [5.74, 6) is 0.0803. The summed E-state index contributed by atoms with van der Waals surface area (Å²) in [5, 5.41) is 13.7. The molecule has 1 aromatic heterocycles. The second-order valence-corrected chi connectivity index (χ2v) is 5.42. The zero-order valence-corrected chi connectivity index (χ0v) is 14.7. The van der Waals surface area contributed by atoms with Gasteiger partial charge in [0.05, 0.1) is 25.8 Å². The molecule has 0 spiro atoms. The monoisotopic (exact) mass is 360 g/mol. The number of methoxy groups -OCH3 is 2. The number of hydrogen-bond acceptors (Lipinski definition) is 6. The second kappa shape index (κ2) is 8.70. The number of hydrogen-bond donors (Lipinski definition) is 1. The van der Waals surface area contributed by atoms with E-state index >= 15 is 0 Å². The molecule has 0 bridgehead atoms. The zero-order chi connectivity index (χ0) is 19.1. The Kier molecular flexibility index (Phi) is 6.37. The molecule has 0 aliphatic heterocycles. The van der Waals surface area contributed by atoms with Crippen molar-refractivity contribution in [2.45, 2.75) is 13.0 Å². The van der Waals surface area contributed by atoms with Crippen LogP contribution in [0.4, 0.5) is 0 Å². The van der Waals surface area contributed by atoms with Crippen molar-refractivity contribution in [2.75, 3.05) is 20.8 Å². The summed E-state index contributed by atoms with van der Waals surface area (Å²) in [7, 11) is 3.08. The molecule has 0 saturated carbocycles. The normalized spacial score (nSPS) is 11.3. The highest BCUT2D eigenvalue weighted by molar-refractivity contribution is 5.91. The van der Waals surface area contributed by atoms with Crippen LogP contribution in [0.2, 0.25) is 0 Å². The SMILES string of the molecule is COc1ccc(OC)c([C@@H](C)NC(=O)COC(=O)c2cc[n+]([O-])cc2)c1. The molecule has 0 unspecified atom stereocenters. The lowest BCUT2D eigenvalue weighted by molar-refractivity contribution is -0.605. The molecular formula is C18H20N2O6. The van der Waals surface area contributed by atoms with Crippen LogP contribution in [0.25, 0.3) is 0 Å². The second-order valence-electron chi connectivity index (χ2n) is 5.42. The van der Waals surface area contributed by atoms with E-state index in [2.05, 4.69) is 5.32 Å². The van der Waals surface area contributed by atoms with Gasteiger partial charge in [-0.15, -0.1) is 0 Å². The van der Waals surface area contributed by atoms with Gasteiger partial charge >= 0.3 is 5.97 Å². The highest BCUT2D eigenvalue weighted by Gasteiger charge is 2.17. The fraction of sp³-hybridized carbons (Fsp3) is 0.278. The van der Waals surface area contributed by atoms with Gasteiger partial charge in [0.25, 0.3) is 5.91 Å². The Bertz CT molecular complexity index is 776. The first-order chi connectivity index (χ1) is 12.4. The zero-order valence-electron chi connectivity index (χ0n) is 14.7. The third-order valence-corrected chi connectivity index (χ3v) is 3.65. The van der Waals surface area contributed by atoms with Crippen molar-refractivity contribution in [3.8, 4) is 11.5 Å². The number of amides is 1. The number of esters is 1. The van der Waals surface area contributed by atoms with Crippen molar-refractivity contribution in [2.24, 2.45) is 0 Å². The van der Waals surface area contributed by atoms with Gasteiger partial charge in [-0.2, -0.15) is 4.73 Å². The molecule has 26 heavy (non-hydrogen) atoms. The van der Waals surface area contributed by atoms with Crippen LogP contribution < -0.4 is 19.5 Å². The van der Waals surface area contributed by atoms with E-state index in [0.717, 1.165) is 5.56 Å². The number of rotatable bonds is 7. The Morgan fingerprint density at radius 1 is 1.15 bits per heavy atom. The molecule has 0 aliphatic carbocycles. The van der Waals surface area contributed by atoms with Crippen molar-refractivity contribution in [3.63, 3.8) is 0 Å². The number of ether oxygens (including phenoxy) is 3. The maximum atomic E-state index is 12.1. The molecular weight excluding hydrogens is 340 g/mol. The van der Waals surface area contributed by atoms with Gasteiger partial charge in [0.15, 0.2) is 19.0 Å². The number of carbonyl (C=O) groups excluding carboxylic acids is 2. The lowest BCUT2D eigenvalue weighted by atomic mass is 10.1. The lowest BCUT2D eigenvalue weighted by Crippen LogP contribution is -2.31. The quantitative estimate of drug-likeness (QED) is 0.455. The number of carbonyl (C=O) groups is 2. The fourth-order valence-corrected chi connectivity index (χ4v) is 2.30. The first-order valence-electron chi connectivity index (χ1n) is 7.82. The van der Waals surface area contributed by atoms with E-state index in [9.17, 15) is 14.8 Å². The van der Waals surface area contributed by atoms with Gasteiger partial charge in [0.1, 0.15) is 11.5 Å². The minimum atomic E-state index is -0.688. The van der Waals surface area contributed by atoms with Crippen LogP contribution in [0.1, 0.15) is 28.9 Å². The summed E-state index contributed by atoms with van der Waals surface area (Å²) >= 11 is 0. The lowest BCUT2D eigenvalue weighted by Gasteiger charge is -2.18. The van der Waals surface area contributed by atoms with Crippen molar-refractivity contribution in [1.29, 1.82) is 0 Å². The number of nitrogens with one attached hydrogen (secondary N) is 1. The topological polar surface area (TPSA) is 101 Å². The van der Waals surface area contributed by atoms with Gasteiger partial charge in [-0.3, -0.25) is 4.79 Å². The average Bonchev–Trinajstić information content (AvgIpc) is 2.66. The molecule has 0 fully saturated rings. The average molecular weight is 360 g/mol. The Balaban J connectivity index is 1.95. The number of benzene rings is 1. The van der Waals surface area contributed by atoms with E-state index in [0.29, 0.717) is 16.2 Å². The van der Waals surface area contributed by atoms with Gasteiger partial charge in [-0.1, -0.05) is 0 Å². The van der Waals surface area contributed by atoms with E-state index in [-0.39, 0.29) is 11.6 Å². The molecule has 2 aromatic rings. The maximum absolute atomic E-state index is 12.1. The first-order valence-corrected chi connectivity index (χ1v) is 7.82. The molecule has 1 atom stereocenters. The van der Waals surface area contributed by atoms with Crippen LogP contribution >= 0.6 is 0 Å². The molecule has 1 aromatic carbocycles. The Labute approximate surface area is 150 Å². The van der Waals surface area contributed by atoms with E-state index < -0.39 is 18.5 Å². The molecule has 1 heterocycles. The Morgan fingerprint density at radius 3 is 2.46 bits per heavy atom. The largest absolute Gasteiger partial charge is 0.619 e. The van der Waals surface area contributed by atoms with E-state index in [1.165, 1.54) is 31.6 Å². The summed E-state index contributed by atoms with van der Waals surface area (Å²) in [4.78, 5) is 23.9. The van der Waals surface area contributed by atoms with Gasteiger partial charge in [-0.05, 0) is 25.1 Å². The maximum Gasteiger partial charge on any atom is 0.339 e. The van der Waals surface area contributed by atoms with Crippen molar-refractivity contribution in [3.05, 3.63) is 59.1 Å². The number of nitrogens with zero attached hydrogens (tertiary/aromatic N) is 1. The van der Waals surface area contributed by atoms with Crippen molar-refractivity contribution < 1.29 is 28.5 Å². The van der Waals surface area contributed by atoms with Gasteiger partial charge in [0.2, 0.25) is 0 Å². The van der Waals surface area contributed by atoms with E-state index in [4.69, 9.17) is 14.2 Å². The van der Waals surface area contributed by atoms with Gasteiger partial charge in [-0.25, -0.2) is 4.79 Å². The van der Waals surface area contributed by atoms with Crippen LogP contribution in [0.5, 0.6) is 11.5 Å². The molecule has 8 nitrogen and oxygen atoms in total. The standard InChI is InChI=1S/C18H20N2O6/c1-12(15-10-14(24-2)4-5-16(15)25-3)19-17(21)11-26-18(22)13-6-8-20(23)9-7-13/h4-10,12H,11H2,1-3H3,(H,19,21)/t12-/m1/s1. The molecule has 138 valence electrons. The van der Waals surface area contributed by atoms with Crippen LogP contribution in [-0.2, 0) is 9.53 Å². The highest BCUT2D eigenvalue weighted by Crippen LogP contribution is 2.29. The molecule has 0 aliphatic rings. The van der Waals surface area contributed by atoms with E-state index in [1.807, 2.05) is 0 Å². The summed E-state index contributed by atoms with van der Waals surface area (Å²) in [6.45, 7) is 1.34. The summed E-state index contributed by atoms with van der Waals surface area (Å²) in [6, 6.07) is 7.51. The molecule has 2 rings (SSSR count). The predicted octanol–water partition coefficient (Wildman–Crippen LogP) is 1.37. The fourth-order valence-electron chi connectivity index (χ4n) is 2.30. The number of pyridine rings is 1. The molecule has 8 heteroatoms. The van der Waals surface area contributed by atoms with Crippen LogP contribution in [0.3, 0.4) is 0 Å². The summed E-state index contributed by atoms with van der Waals surface area (Å²) in [6.07, 6.45) is 2.35. The number of aromatic nitrogens is 1. The minimum absolute atomic E-state index is 0.187. The molecule has 1 amide bonds. The first kappa shape index (κ1) is 19.0. The van der Waals surface area contributed by atoms with Crippen LogP contribution in [0.15, 0.2) is 42.7 Å². The smallest absolute Gasteiger partial charge is 0.339 e. The van der Waals surface area contributed by atoms with E-state index in [1.54, 1.807) is 32.2 Å². The van der Waals surface area contributed by atoms with Crippen molar-refractivity contribution >= 4 is 11.9 Å². The highest BCUT2D eigenvalue weighted by atomic mass is 16.5. The third-order valence-electron chi connectivity index (χ3n) is 3.65. The molecule has 0 radical (unpaired) electrons. The van der Waals surface area contributed by atoms with Crippen molar-refractivity contribution in [1.82, 2.24) is 5.32 Å². The minimum Gasteiger partial charge on any atom is -0.619 e. The molecule has 1 N–H and O–H groups in total. The van der Waals surface area contributed by atoms with Gasteiger partial charge in [0, 0.05) is 17.7 Å². The predicted molar refractivity (Wildman–Crippen MR) is 91.8 cm³/mol. The van der Waals surface area contributed by atoms with Crippen LogP contribution in [-0.4, -0.2) is 32.7 Å². The summed E-state index contributed by atoms with van der Waals surface area (Å²) in [5.41, 5.74) is 0.919. The Hall–Kier alpha value is -3.29.